The molecule has 4 heteroatoms. The maximum Gasteiger partial charge on any atom is 0.312 e. The number of urea groups is 1. The fourth-order valence-corrected chi connectivity index (χ4v) is 0.493. The molecule has 0 aliphatic rings. The Bertz CT molecular complexity index is 129. The number of hydrogen-bond donors (Lipinski definition) is 2. The average molecular weight is 158 g/mol. The van der Waals surface area contributed by atoms with Gasteiger partial charge in [-0.2, -0.15) is 0 Å². The summed E-state index contributed by atoms with van der Waals surface area (Å²) in [5.41, 5.74) is 5.77. The molecular weight excluding hydrogens is 144 g/mol. The van der Waals surface area contributed by atoms with E-state index in [1.54, 1.807) is 0 Å². The molecule has 0 saturated heterocycles. The van der Waals surface area contributed by atoms with Crippen LogP contribution in [0.15, 0.2) is 12.2 Å². The summed E-state index contributed by atoms with van der Waals surface area (Å²) in [6.07, 6.45) is 0. The summed E-state index contributed by atoms with van der Waals surface area (Å²) in [5.74, 6) is 0. The van der Waals surface area contributed by atoms with Crippen molar-refractivity contribution in [3.8, 4) is 0 Å². The van der Waals surface area contributed by atoms with Crippen LogP contribution >= 0.6 is 0 Å². The SMILES string of the molecule is C=C(C)COCCNC(N)=O. The fourth-order valence-electron chi connectivity index (χ4n) is 0.493. The Morgan fingerprint density at radius 1 is 1.73 bits per heavy atom. The molecule has 0 atom stereocenters. The van der Waals surface area contributed by atoms with Crippen molar-refractivity contribution in [1.29, 1.82) is 0 Å². The van der Waals surface area contributed by atoms with Gasteiger partial charge in [-0.25, -0.2) is 4.79 Å². The lowest BCUT2D eigenvalue weighted by molar-refractivity contribution is 0.158. The van der Waals surface area contributed by atoms with Crippen molar-refractivity contribution in [3.63, 3.8) is 0 Å². The Morgan fingerprint density at radius 3 is 2.82 bits per heavy atom. The third kappa shape index (κ3) is 8.97. The lowest BCUT2D eigenvalue weighted by Gasteiger charge is -2.03. The Labute approximate surface area is 66.4 Å². The zero-order valence-corrected chi connectivity index (χ0v) is 6.72. The molecule has 0 aromatic carbocycles. The van der Waals surface area contributed by atoms with E-state index in [1.165, 1.54) is 0 Å². The van der Waals surface area contributed by atoms with Gasteiger partial charge in [-0.15, -0.1) is 0 Å². The number of carbonyl (C=O) groups is 1. The molecular formula is C7H14N2O2. The first-order chi connectivity index (χ1) is 5.13. The van der Waals surface area contributed by atoms with E-state index in [1.807, 2.05) is 6.92 Å². The van der Waals surface area contributed by atoms with Crippen molar-refractivity contribution < 1.29 is 9.53 Å². The van der Waals surface area contributed by atoms with Crippen molar-refractivity contribution in [3.05, 3.63) is 12.2 Å². The van der Waals surface area contributed by atoms with Crippen molar-refractivity contribution in [1.82, 2.24) is 5.32 Å². The summed E-state index contributed by atoms with van der Waals surface area (Å²) in [6.45, 7) is 6.97. The number of nitrogens with one attached hydrogen (secondary N) is 1. The molecule has 3 N–H and O–H groups in total. The number of nitrogens with two attached hydrogens (primary N) is 1. The van der Waals surface area contributed by atoms with Crippen molar-refractivity contribution >= 4 is 6.03 Å². The third-order valence-corrected chi connectivity index (χ3v) is 0.894. The molecule has 0 aromatic heterocycles. The number of ether oxygens (including phenoxy) is 1. The summed E-state index contributed by atoms with van der Waals surface area (Å²) in [5, 5.41) is 2.40. The highest BCUT2D eigenvalue weighted by molar-refractivity contribution is 5.71. The largest absolute Gasteiger partial charge is 0.375 e. The Kier molecular flexibility index (Phi) is 5.20. The van der Waals surface area contributed by atoms with Crippen LogP contribution in [-0.4, -0.2) is 25.8 Å². The summed E-state index contributed by atoms with van der Waals surface area (Å²) in [7, 11) is 0. The van der Waals surface area contributed by atoms with Crippen LogP contribution in [0.1, 0.15) is 6.92 Å². The predicted molar refractivity (Wildman–Crippen MR) is 43.2 cm³/mol. The first kappa shape index (κ1) is 9.97. The Morgan fingerprint density at radius 2 is 2.36 bits per heavy atom. The molecule has 0 fully saturated rings. The quantitative estimate of drug-likeness (QED) is 0.445. The molecule has 0 aliphatic heterocycles. The van der Waals surface area contributed by atoms with Crippen molar-refractivity contribution in [2.24, 2.45) is 5.73 Å². The second-order valence-electron chi connectivity index (χ2n) is 2.30. The van der Waals surface area contributed by atoms with Crippen LogP contribution < -0.4 is 11.1 Å². The summed E-state index contributed by atoms with van der Waals surface area (Å²) >= 11 is 0. The molecule has 11 heavy (non-hydrogen) atoms. The maximum absolute atomic E-state index is 10.1. The van der Waals surface area contributed by atoms with Gasteiger partial charge in [0.05, 0.1) is 13.2 Å². The Balaban J connectivity index is 3.03. The molecule has 0 aromatic rings. The monoisotopic (exact) mass is 158 g/mol. The van der Waals surface area contributed by atoms with Crippen LogP contribution in [0.4, 0.5) is 4.79 Å². The van der Waals surface area contributed by atoms with Crippen LogP contribution in [0.2, 0.25) is 0 Å². The van der Waals surface area contributed by atoms with E-state index in [-0.39, 0.29) is 0 Å². The van der Waals surface area contributed by atoms with E-state index in [0.717, 1.165) is 5.57 Å². The summed E-state index contributed by atoms with van der Waals surface area (Å²) < 4.78 is 5.08. The van der Waals surface area contributed by atoms with Gasteiger partial charge in [0.15, 0.2) is 0 Å². The highest BCUT2D eigenvalue weighted by atomic mass is 16.5. The number of primary amides is 1. The zero-order chi connectivity index (χ0) is 8.69. The molecule has 0 radical (unpaired) electrons. The Hall–Kier alpha value is -1.03. The predicted octanol–water partition coefficient (Wildman–Crippen LogP) is 0.247. The first-order valence-electron chi connectivity index (χ1n) is 3.38. The maximum atomic E-state index is 10.1. The number of carbonyl (C=O) groups excluding carboxylic acids is 1. The second-order valence-corrected chi connectivity index (χ2v) is 2.30. The van der Waals surface area contributed by atoms with Gasteiger partial charge in [0.25, 0.3) is 0 Å². The molecule has 0 bridgehead atoms. The van der Waals surface area contributed by atoms with Crippen LogP contribution in [0, 0.1) is 0 Å². The van der Waals surface area contributed by atoms with Crippen LogP contribution in [0.25, 0.3) is 0 Å². The van der Waals surface area contributed by atoms with E-state index in [4.69, 9.17) is 10.5 Å². The fraction of sp³-hybridized carbons (Fsp3) is 0.571. The normalized spacial score (nSPS) is 9.18. The van der Waals surface area contributed by atoms with E-state index < -0.39 is 6.03 Å². The highest BCUT2D eigenvalue weighted by Crippen LogP contribution is 1.86. The molecule has 2 amide bonds. The average Bonchev–Trinajstić information content (AvgIpc) is 1.85. The number of rotatable bonds is 5. The standard InChI is InChI=1S/C7H14N2O2/c1-6(2)5-11-4-3-9-7(8)10/h1,3-5H2,2H3,(H3,8,9,10). The van der Waals surface area contributed by atoms with Crippen LogP contribution in [-0.2, 0) is 4.74 Å². The highest BCUT2D eigenvalue weighted by Gasteiger charge is 1.90. The van der Waals surface area contributed by atoms with Crippen LogP contribution in [0.5, 0.6) is 0 Å². The van der Waals surface area contributed by atoms with Crippen LogP contribution in [0.3, 0.4) is 0 Å². The van der Waals surface area contributed by atoms with Gasteiger partial charge in [0.1, 0.15) is 0 Å². The summed E-state index contributed by atoms with van der Waals surface area (Å²) in [4.78, 5) is 10.1. The smallest absolute Gasteiger partial charge is 0.312 e. The van der Waals surface area contributed by atoms with E-state index in [0.29, 0.717) is 19.8 Å². The van der Waals surface area contributed by atoms with Gasteiger partial charge in [-0.1, -0.05) is 12.2 Å². The van der Waals surface area contributed by atoms with Gasteiger partial charge in [-0.3, -0.25) is 0 Å². The molecule has 64 valence electrons. The third-order valence-electron chi connectivity index (χ3n) is 0.894. The molecule has 0 spiro atoms. The first-order valence-corrected chi connectivity index (χ1v) is 3.38. The van der Waals surface area contributed by atoms with Crippen molar-refractivity contribution in [2.45, 2.75) is 6.92 Å². The molecule has 0 saturated carbocycles. The van der Waals surface area contributed by atoms with Gasteiger partial charge < -0.3 is 15.8 Å². The van der Waals surface area contributed by atoms with Crippen molar-refractivity contribution in [2.75, 3.05) is 19.8 Å². The topological polar surface area (TPSA) is 64.3 Å². The van der Waals surface area contributed by atoms with Gasteiger partial charge in [0.2, 0.25) is 0 Å². The lowest BCUT2D eigenvalue weighted by Crippen LogP contribution is -2.32. The van der Waals surface area contributed by atoms with Gasteiger partial charge in [0, 0.05) is 6.54 Å². The van der Waals surface area contributed by atoms with Gasteiger partial charge in [-0.05, 0) is 6.92 Å². The number of hydrogen-bond acceptors (Lipinski definition) is 2. The molecule has 0 rings (SSSR count). The second kappa shape index (κ2) is 5.73. The minimum atomic E-state index is -0.524. The molecule has 0 heterocycles. The zero-order valence-electron chi connectivity index (χ0n) is 6.72. The summed E-state index contributed by atoms with van der Waals surface area (Å²) in [6, 6.07) is -0.524. The van der Waals surface area contributed by atoms with E-state index in [2.05, 4.69) is 11.9 Å². The molecule has 0 unspecified atom stereocenters. The number of amides is 2. The minimum absolute atomic E-state index is 0.447. The van der Waals surface area contributed by atoms with E-state index >= 15 is 0 Å². The minimum Gasteiger partial charge on any atom is -0.375 e. The van der Waals surface area contributed by atoms with Gasteiger partial charge >= 0.3 is 6.03 Å². The molecule has 0 aliphatic carbocycles. The van der Waals surface area contributed by atoms with E-state index in [9.17, 15) is 4.79 Å². The lowest BCUT2D eigenvalue weighted by atomic mass is 10.4. The molecule has 4 nitrogen and oxygen atoms in total.